The quantitative estimate of drug-likeness (QED) is 0.894. The lowest BCUT2D eigenvalue weighted by molar-refractivity contribution is 0.155. The maximum absolute atomic E-state index is 5.65. The summed E-state index contributed by atoms with van der Waals surface area (Å²) in [5.41, 5.74) is 1.44. The Balaban J connectivity index is 1.56. The fraction of sp³-hybridized carbons (Fsp3) is 0.467. The Labute approximate surface area is 113 Å². The minimum Gasteiger partial charge on any atom is -0.419 e. The lowest BCUT2D eigenvalue weighted by atomic mass is 9.70. The van der Waals surface area contributed by atoms with Crippen molar-refractivity contribution < 1.29 is 4.42 Å². The van der Waals surface area contributed by atoms with E-state index in [4.69, 9.17) is 4.42 Å². The summed E-state index contributed by atoms with van der Waals surface area (Å²) >= 11 is 0. The van der Waals surface area contributed by atoms with Crippen LogP contribution in [0.4, 0.5) is 0 Å². The highest BCUT2D eigenvalue weighted by molar-refractivity contribution is 5.51. The van der Waals surface area contributed by atoms with Crippen molar-refractivity contribution in [1.29, 1.82) is 0 Å². The molecule has 19 heavy (non-hydrogen) atoms. The van der Waals surface area contributed by atoms with Gasteiger partial charge in [-0.15, -0.1) is 10.2 Å². The van der Waals surface area contributed by atoms with E-state index >= 15 is 0 Å². The molecule has 0 amide bonds. The summed E-state index contributed by atoms with van der Waals surface area (Å²) in [5.74, 6) is 1.24. The van der Waals surface area contributed by atoms with Crippen LogP contribution in [-0.2, 0) is 6.54 Å². The molecule has 1 heterocycles. The Hall–Kier alpha value is -1.68. The first-order chi connectivity index (χ1) is 9.25. The minimum atomic E-state index is 0.474. The summed E-state index contributed by atoms with van der Waals surface area (Å²) in [5, 5.41) is 11.6. The average molecular weight is 257 g/mol. The summed E-state index contributed by atoms with van der Waals surface area (Å²) in [6, 6.07) is 9.85. The molecule has 0 atom stereocenters. The second kappa shape index (κ2) is 5.13. The highest BCUT2D eigenvalue weighted by Gasteiger charge is 2.31. The average Bonchev–Trinajstić information content (AvgIpc) is 2.87. The van der Waals surface area contributed by atoms with Gasteiger partial charge < -0.3 is 9.73 Å². The molecule has 1 fully saturated rings. The Morgan fingerprint density at radius 2 is 2.00 bits per heavy atom. The Bertz CT molecular complexity index is 531. The molecule has 1 N–H and O–H groups in total. The van der Waals surface area contributed by atoms with E-state index in [0.29, 0.717) is 23.7 Å². The van der Waals surface area contributed by atoms with E-state index in [-0.39, 0.29) is 0 Å². The van der Waals surface area contributed by atoms with Gasteiger partial charge in [0, 0.05) is 12.1 Å². The molecule has 4 nitrogen and oxygen atoms in total. The van der Waals surface area contributed by atoms with Gasteiger partial charge in [0.25, 0.3) is 0 Å². The number of benzene rings is 1. The van der Waals surface area contributed by atoms with E-state index in [1.807, 2.05) is 30.3 Å². The van der Waals surface area contributed by atoms with Gasteiger partial charge in [0.05, 0.1) is 6.54 Å². The molecule has 1 aromatic heterocycles. The van der Waals surface area contributed by atoms with Crippen molar-refractivity contribution in [3.8, 4) is 11.5 Å². The van der Waals surface area contributed by atoms with Gasteiger partial charge in [0.15, 0.2) is 0 Å². The topological polar surface area (TPSA) is 51.0 Å². The van der Waals surface area contributed by atoms with E-state index in [9.17, 15) is 0 Å². The zero-order chi connectivity index (χ0) is 13.1. The van der Waals surface area contributed by atoms with Crippen LogP contribution in [0.15, 0.2) is 34.7 Å². The third-order valence-corrected chi connectivity index (χ3v) is 3.88. The maximum atomic E-state index is 5.65. The van der Waals surface area contributed by atoms with Crippen LogP contribution < -0.4 is 5.32 Å². The standard InChI is InChI=1S/C15H19N3O/c1-15(8-5-9-15)11-16-10-13-17-18-14(19-13)12-6-3-2-4-7-12/h2-4,6-7,16H,5,8-11H2,1H3. The monoisotopic (exact) mass is 257 g/mol. The van der Waals surface area contributed by atoms with Crippen LogP contribution in [0.5, 0.6) is 0 Å². The Morgan fingerprint density at radius 1 is 1.21 bits per heavy atom. The van der Waals surface area contributed by atoms with Gasteiger partial charge in [-0.3, -0.25) is 0 Å². The number of rotatable bonds is 5. The van der Waals surface area contributed by atoms with Crippen molar-refractivity contribution in [2.24, 2.45) is 5.41 Å². The van der Waals surface area contributed by atoms with Crippen LogP contribution in [0.25, 0.3) is 11.5 Å². The predicted molar refractivity (Wildman–Crippen MR) is 73.4 cm³/mol. The minimum absolute atomic E-state index is 0.474. The summed E-state index contributed by atoms with van der Waals surface area (Å²) < 4.78 is 5.65. The molecule has 1 aromatic carbocycles. The number of hydrogen-bond acceptors (Lipinski definition) is 4. The normalized spacial score (nSPS) is 17.1. The number of nitrogens with zero attached hydrogens (tertiary/aromatic N) is 2. The third kappa shape index (κ3) is 2.84. The highest BCUT2D eigenvalue weighted by atomic mass is 16.4. The molecular weight excluding hydrogens is 238 g/mol. The molecule has 0 unspecified atom stereocenters. The van der Waals surface area contributed by atoms with Crippen molar-refractivity contribution in [3.63, 3.8) is 0 Å². The van der Waals surface area contributed by atoms with Gasteiger partial charge >= 0.3 is 0 Å². The van der Waals surface area contributed by atoms with E-state index < -0.39 is 0 Å². The maximum Gasteiger partial charge on any atom is 0.247 e. The molecule has 1 saturated carbocycles. The van der Waals surface area contributed by atoms with Gasteiger partial charge in [-0.05, 0) is 30.4 Å². The number of nitrogens with one attached hydrogen (secondary N) is 1. The first-order valence-electron chi connectivity index (χ1n) is 6.84. The molecule has 3 rings (SSSR count). The molecular formula is C15H19N3O. The van der Waals surface area contributed by atoms with E-state index in [1.54, 1.807) is 0 Å². The Morgan fingerprint density at radius 3 is 2.68 bits per heavy atom. The molecule has 4 heteroatoms. The third-order valence-electron chi connectivity index (χ3n) is 3.88. The molecule has 0 radical (unpaired) electrons. The molecule has 100 valence electrons. The SMILES string of the molecule is CC1(CNCc2nnc(-c3ccccc3)o2)CCC1. The van der Waals surface area contributed by atoms with Gasteiger partial charge in [-0.25, -0.2) is 0 Å². The van der Waals surface area contributed by atoms with Crippen molar-refractivity contribution in [2.75, 3.05) is 6.54 Å². The molecule has 1 aliphatic carbocycles. The molecule has 0 spiro atoms. The van der Waals surface area contributed by atoms with Crippen LogP contribution in [0, 0.1) is 5.41 Å². The number of aromatic nitrogens is 2. The van der Waals surface area contributed by atoms with Crippen molar-refractivity contribution in [1.82, 2.24) is 15.5 Å². The lowest BCUT2D eigenvalue weighted by Gasteiger charge is -2.38. The summed E-state index contributed by atoms with van der Waals surface area (Å²) in [4.78, 5) is 0. The second-order valence-corrected chi connectivity index (χ2v) is 5.63. The van der Waals surface area contributed by atoms with Crippen molar-refractivity contribution in [3.05, 3.63) is 36.2 Å². The summed E-state index contributed by atoms with van der Waals surface area (Å²) in [7, 11) is 0. The Kier molecular flexibility index (Phi) is 3.34. The molecule has 1 aliphatic rings. The van der Waals surface area contributed by atoms with E-state index in [1.165, 1.54) is 19.3 Å². The van der Waals surface area contributed by atoms with Crippen molar-refractivity contribution in [2.45, 2.75) is 32.7 Å². The van der Waals surface area contributed by atoms with Crippen LogP contribution in [-0.4, -0.2) is 16.7 Å². The summed E-state index contributed by atoms with van der Waals surface area (Å²) in [6.45, 7) is 4.00. The first-order valence-corrected chi connectivity index (χ1v) is 6.84. The fourth-order valence-corrected chi connectivity index (χ4v) is 2.45. The fourth-order valence-electron chi connectivity index (χ4n) is 2.45. The van der Waals surface area contributed by atoms with Crippen LogP contribution in [0.2, 0.25) is 0 Å². The predicted octanol–water partition coefficient (Wildman–Crippen LogP) is 3.02. The zero-order valence-corrected chi connectivity index (χ0v) is 11.2. The van der Waals surface area contributed by atoms with Crippen LogP contribution in [0.3, 0.4) is 0 Å². The first kappa shape index (κ1) is 12.4. The van der Waals surface area contributed by atoms with Crippen molar-refractivity contribution >= 4 is 0 Å². The van der Waals surface area contributed by atoms with Gasteiger partial charge in [-0.2, -0.15) is 0 Å². The molecule has 0 aliphatic heterocycles. The van der Waals surface area contributed by atoms with Gasteiger partial charge in [-0.1, -0.05) is 31.5 Å². The van der Waals surface area contributed by atoms with Crippen LogP contribution >= 0.6 is 0 Å². The van der Waals surface area contributed by atoms with Crippen LogP contribution in [0.1, 0.15) is 32.1 Å². The zero-order valence-electron chi connectivity index (χ0n) is 11.2. The second-order valence-electron chi connectivity index (χ2n) is 5.63. The smallest absolute Gasteiger partial charge is 0.247 e. The highest BCUT2D eigenvalue weighted by Crippen LogP contribution is 2.39. The largest absolute Gasteiger partial charge is 0.419 e. The molecule has 0 bridgehead atoms. The number of hydrogen-bond donors (Lipinski definition) is 1. The molecule has 2 aromatic rings. The van der Waals surface area contributed by atoms with Gasteiger partial charge in [0.2, 0.25) is 11.8 Å². The summed E-state index contributed by atoms with van der Waals surface area (Å²) in [6.07, 6.45) is 4.00. The van der Waals surface area contributed by atoms with E-state index in [2.05, 4.69) is 22.4 Å². The lowest BCUT2D eigenvalue weighted by Crippen LogP contribution is -2.37. The van der Waals surface area contributed by atoms with E-state index in [0.717, 1.165) is 12.1 Å². The molecule has 0 saturated heterocycles. The van der Waals surface area contributed by atoms with Gasteiger partial charge in [0.1, 0.15) is 0 Å².